The summed E-state index contributed by atoms with van der Waals surface area (Å²) in [5.41, 5.74) is 0.785. The zero-order valence-electron chi connectivity index (χ0n) is 14.0. The number of hydrogen-bond donors (Lipinski definition) is 1. The van der Waals surface area contributed by atoms with Crippen LogP contribution in [0.25, 0.3) is 6.08 Å². The van der Waals surface area contributed by atoms with Gasteiger partial charge in [-0.15, -0.1) is 0 Å². The second kappa shape index (κ2) is 10.4. The van der Waals surface area contributed by atoms with E-state index in [0.29, 0.717) is 12.4 Å². The van der Waals surface area contributed by atoms with Gasteiger partial charge >= 0.3 is 5.97 Å². The van der Waals surface area contributed by atoms with Crippen molar-refractivity contribution in [3.05, 3.63) is 35.9 Å². The summed E-state index contributed by atoms with van der Waals surface area (Å²) >= 11 is 0. The number of esters is 1. The van der Waals surface area contributed by atoms with Gasteiger partial charge in [-0.05, 0) is 32.4 Å². The Labute approximate surface area is 137 Å². The van der Waals surface area contributed by atoms with Crippen LogP contribution in [0, 0.1) is 0 Å². The first kappa shape index (κ1) is 18.7. The molecular weight excluding hydrogens is 294 g/mol. The van der Waals surface area contributed by atoms with Crippen LogP contribution in [0.5, 0.6) is 5.75 Å². The number of nitrogens with one attached hydrogen (secondary N) is 1. The fraction of sp³-hybridized carbons (Fsp3) is 0.444. The first-order chi connectivity index (χ1) is 11.1. The fourth-order valence-electron chi connectivity index (χ4n) is 2.07. The lowest BCUT2D eigenvalue weighted by Crippen LogP contribution is -2.35. The first-order valence-corrected chi connectivity index (χ1v) is 7.92. The number of carbonyl (C=O) groups excluding carboxylic acids is 2. The lowest BCUT2D eigenvalue weighted by molar-refractivity contribution is -0.144. The van der Waals surface area contributed by atoms with Crippen molar-refractivity contribution in [3.8, 4) is 5.75 Å². The van der Waals surface area contributed by atoms with Crippen molar-refractivity contribution in [2.24, 2.45) is 0 Å². The largest absolute Gasteiger partial charge is 0.493 e. The van der Waals surface area contributed by atoms with Crippen LogP contribution < -0.4 is 10.1 Å². The molecule has 1 N–H and O–H groups in total. The number of ether oxygens (including phenoxy) is 2. The van der Waals surface area contributed by atoms with E-state index in [4.69, 9.17) is 9.47 Å². The molecule has 0 radical (unpaired) electrons. The Balaban J connectivity index is 2.46. The molecule has 0 heterocycles. The van der Waals surface area contributed by atoms with Crippen LogP contribution in [-0.2, 0) is 14.3 Å². The molecule has 1 aromatic rings. The number of para-hydroxylation sites is 1. The number of amides is 1. The molecule has 0 aliphatic carbocycles. The van der Waals surface area contributed by atoms with Crippen molar-refractivity contribution in [1.29, 1.82) is 0 Å². The minimum atomic E-state index is -0.561. The Morgan fingerprint density at radius 1 is 1.26 bits per heavy atom. The average Bonchev–Trinajstić information content (AvgIpc) is 2.52. The predicted molar refractivity (Wildman–Crippen MR) is 90.1 cm³/mol. The van der Waals surface area contributed by atoms with Crippen molar-refractivity contribution in [2.45, 2.75) is 39.7 Å². The van der Waals surface area contributed by atoms with Crippen molar-refractivity contribution in [3.63, 3.8) is 0 Å². The fourth-order valence-corrected chi connectivity index (χ4v) is 2.07. The van der Waals surface area contributed by atoms with Crippen molar-refractivity contribution in [1.82, 2.24) is 5.32 Å². The molecule has 1 aromatic carbocycles. The normalized spacial score (nSPS) is 12.0. The van der Waals surface area contributed by atoms with E-state index in [2.05, 4.69) is 5.32 Å². The summed E-state index contributed by atoms with van der Waals surface area (Å²) in [6, 6.07) is 7.48. The molecule has 0 aliphatic rings. The van der Waals surface area contributed by atoms with Crippen molar-refractivity contribution in [2.75, 3.05) is 13.2 Å². The molecule has 1 unspecified atom stereocenters. The third kappa shape index (κ3) is 7.49. The summed E-state index contributed by atoms with van der Waals surface area (Å²) in [4.78, 5) is 23.3. The highest BCUT2D eigenvalue weighted by atomic mass is 16.5. The average molecular weight is 319 g/mol. The number of rotatable bonds is 9. The third-order valence-corrected chi connectivity index (χ3v) is 3.09. The van der Waals surface area contributed by atoms with Crippen molar-refractivity contribution >= 4 is 18.0 Å². The highest BCUT2D eigenvalue weighted by Gasteiger charge is 2.08. The Morgan fingerprint density at radius 2 is 2.00 bits per heavy atom. The van der Waals surface area contributed by atoms with Crippen LogP contribution in [0.1, 0.15) is 39.2 Å². The summed E-state index contributed by atoms with van der Waals surface area (Å²) in [7, 11) is 0. The molecular formula is C18H25NO4. The van der Waals surface area contributed by atoms with Crippen LogP contribution in [0.15, 0.2) is 30.3 Å². The van der Waals surface area contributed by atoms with Gasteiger partial charge in [-0.3, -0.25) is 4.79 Å². The molecule has 0 fully saturated rings. The van der Waals surface area contributed by atoms with Gasteiger partial charge in [0, 0.05) is 17.7 Å². The molecule has 0 saturated carbocycles. The van der Waals surface area contributed by atoms with Gasteiger partial charge < -0.3 is 14.8 Å². The zero-order chi connectivity index (χ0) is 17.1. The molecule has 5 heteroatoms. The van der Waals surface area contributed by atoms with Gasteiger partial charge in [-0.25, -0.2) is 4.79 Å². The standard InChI is InChI=1S/C18H25NO4/c1-4-8-14(3)19-17(20)13-23-18(21)12-11-15-9-6-7-10-16(15)22-5-2/h6-7,9-12,14H,4-5,8,13H2,1-3H3,(H,19,20)/b12-11+. The summed E-state index contributed by atoms with van der Waals surface area (Å²) in [6.45, 7) is 6.14. The van der Waals surface area contributed by atoms with E-state index in [1.165, 1.54) is 6.08 Å². The van der Waals surface area contributed by atoms with E-state index in [0.717, 1.165) is 18.4 Å². The smallest absolute Gasteiger partial charge is 0.331 e. The van der Waals surface area contributed by atoms with E-state index in [-0.39, 0.29) is 18.6 Å². The van der Waals surface area contributed by atoms with E-state index >= 15 is 0 Å². The van der Waals surface area contributed by atoms with Gasteiger partial charge in [0.2, 0.25) is 0 Å². The Kier molecular flexibility index (Phi) is 8.50. The highest BCUT2D eigenvalue weighted by Crippen LogP contribution is 2.19. The summed E-state index contributed by atoms with van der Waals surface area (Å²) < 4.78 is 10.4. The van der Waals surface area contributed by atoms with Gasteiger partial charge in [-0.1, -0.05) is 31.5 Å². The number of carbonyl (C=O) groups is 2. The number of hydrogen-bond acceptors (Lipinski definition) is 4. The topological polar surface area (TPSA) is 64.6 Å². The molecule has 5 nitrogen and oxygen atoms in total. The third-order valence-electron chi connectivity index (χ3n) is 3.09. The lowest BCUT2D eigenvalue weighted by Gasteiger charge is -2.12. The first-order valence-electron chi connectivity index (χ1n) is 7.92. The van der Waals surface area contributed by atoms with E-state index in [1.54, 1.807) is 6.08 Å². The van der Waals surface area contributed by atoms with E-state index < -0.39 is 5.97 Å². The highest BCUT2D eigenvalue weighted by molar-refractivity contribution is 5.89. The van der Waals surface area contributed by atoms with Crippen LogP contribution >= 0.6 is 0 Å². The second-order valence-corrected chi connectivity index (χ2v) is 5.17. The molecule has 0 bridgehead atoms. The second-order valence-electron chi connectivity index (χ2n) is 5.17. The lowest BCUT2D eigenvalue weighted by atomic mass is 10.2. The van der Waals surface area contributed by atoms with Gasteiger partial charge in [-0.2, -0.15) is 0 Å². The van der Waals surface area contributed by atoms with Crippen molar-refractivity contribution < 1.29 is 19.1 Å². The van der Waals surface area contributed by atoms with Crippen LogP contribution in [0.3, 0.4) is 0 Å². The Bertz CT molecular complexity index is 540. The van der Waals surface area contributed by atoms with E-state index in [9.17, 15) is 9.59 Å². The van der Waals surface area contributed by atoms with Gasteiger partial charge in [0.25, 0.3) is 5.91 Å². The maximum atomic E-state index is 11.7. The van der Waals surface area contributed by atoms with Gasteiger partial charge in [0.15, 0.2) is 6.61 Å². The van der Waals surface area contributed by atoms with Gasteiger partial charge in [0.1, 0.15) is 5.75 Å². The monoisotopic (exact) mass is 319 g/mol. The van der Waals surface area contributed by atoms with Gasteiger partial charge in [0.05, 0.1) is 6.61 Å². The molecule has 0 saturated heterocycles. The summed E-state index contributed by atoms with van der Waals surface area (Å²) in [5.74, 6) is -0.151. The molecule has 1 amide bonds. The molecule has 1 rings (SSSR count). The molecule has 126 valence electrons. The minimum Gasteiger partial charge on any atom is -0.493 e. The van der Waals surface area contributed by atoms with Crippen LogP contribution in [0.4, 0.5) is 0 Å². The maximum Gasteiger partial charge on any atom is 0.331 e. The number of benzene rings is 1. The summed E-state index contributed by atoms with van der Waals surface area (Å²) in [5, 5.41) is 2.78. The molecule has 23 heavy (non-hydrogen) atoms. The van der Waals surface area contributed by atoms with E-state index in [1.807, 2.05) is 45.0 Å². The summed E-state index contributed by atoms with van der Waals surface area (Å²) in [6.07, 6.45) is 4.79. The Morgan fingerprint density at radius 3 is 2.70 bits per heavy atom. The van der Waals surface area contributed by atoms with Crippen LogP contribution in [0.2, 0.25) is 0 Å². The predicted octanol–water partition coefficient (Wildman–Crippen LogP) is 2.95. The molecule has 0 aliphatic heterocycles. The van der Waals surface area contributed by atoms with Crippen LogP contribution in [-0.4, -0.2) is 31.1 Å². The maximum absolute atomic E-state index is 11.7. The molecule has 1 atom stereocenters. The minimum absolute atomic E-state index is 0.0832. The molecule has 0 spiro atoms. The Hall–Kier alpha value is -2.30. The molecule has 0 aromatic heterocycles. The zero-order valence-corrected chi connectivity index (χ0v) is 14.0. The quantitative estimate of drug-likeness (QED) is 0.561. The SMILES string of the molecule is CCCC(C)NC(=O)COC(=O)/C=C/c1ccccc1OCC.